The van der Waals surface area contributed by atoms with Crippen LogP contribution < -0.4 is 5.43 Å². The summed E-state index contributed by atoms with van der Waals surface area (Å²) in [5.74, 6) is -0.0000463. The third-order valence-corrected chi connectivity index (χ3v) is 1.08. The number of hydrogen-bond acceptors (Lipinski definition) is 2. The molecular weight excluding hydrogens is 128 g/mol. The molecule has 0 saturated heterocycles. The molecular formula is C7H14N2O. The standard InChI is InChI=1S/C7H14N2O/c1-3-5-6-7(10)9-8-4-2/h4H,3,5-6H2,1-2H3,(H,9,10)/b8-4+. The van der Waals surface area contributed by atoms with Crippen molar-refractivity contribution in [2.45, 2.75) is 33.1 Å². The lowest BCUT2D eigenvalue weighted by Crippen LogP contribution is -2.16. The largest absolute Gasteiger partial charge is 0.273 e. The van der Waals surface area contributed by atoms with Gasteiger partial charge in [0.1, 0.15) is 0 Å². The van der Waals surface area contributed by atoms with Gasteiger partial charge in [-0.25, -0.2) is 5.43 Å². The Labute approximate surface area is 61.5 Å². The molecule has 10 heavy (non-hydrogen) atoms. The van der Waals surface area contributed by atoms with Crippen LogP contribution in [0.4, 0.5) is 0 Å². The second-order valence-corrected chi connectivity index (χ2v) is 2.03. The number of hydrazone groups is 1. The zero-order chi connectivity index (χ0) is 7.82. The van der Waals surface area contributed by atoms with E-state index in [-0.39, 0.29) is 5.91 Å². The van der Waals surface area contributed by atoms with E-state index in [1.807, 2.05) is 0 Å². The quantitative estimate of drug-likeness (QED) is 0.466. The Hall–Kier alpha value is -0.860. The van der Waals surface area contributed by atoms with Crippen LogP contribution in [0.25, 0.3) is 0 Å². The first kappa shape index (κ1) is 9.14. The lowest BCUT2D eigenvalue weighted by molar-refractivity contribution is -0.121. The van der Waals surface area contributed by atoms with E-state index in [9.17, 15) is 4.79 Å². The van der Waals surface area contributed by atoms with E-state index >= 15 is 0 Å². The highest BCUT2D eigenvalue weighted by atomic mass is 16.2. The first-order valence-electron chi connectivity index (χ1n) is 3.57. The number of unbranched alkanes of at least 4 members (excludes halogenated alkanes) is 1. The minimum absolute atomic E-state index is 0.0000463. The minimum Gasteiger partial charge on any atom is -0.273 e. The van der Waals surface area contributed by atoms with Crippen molar-refractivity contribution in [3.63, 3.8) is 0 Å². The van der Waals surface area contributed by atoms with Crippen LogP contribution >= 0.6 is 0 Å². The summed E-state index contributed by atoms with van der Waals surface area (Å²) < 4.78 is 0. The van der Waals surface area contributed by atoms with Crippen molar-refractivity contribution in [3.05, 3.63) is 0 Å². The Kier molecular flexibility index (Phi) is 5.72. The molecule has 0 bridgehead atoms. The average Bonchev–Trinajstić information content (AvgIpc) is 1.97. The Bertz CT molecular complexity index is 121. The highest BCUT2D eigenvalue weighted by molar-refractivity contribution is 5.76. The van der Waals surface area contributed by atoms with Gasteiger partial charge in [-0.15, -0.1) is 0 Å². The Balaban J connectivity index is 3.25. The van der Waals surface area contributed by atoms with Crippen molar-refractivity contribution >= 4 is 12.1 Å². The second-order valence-electron chi connectivity index (χ2n) is 2.03. The molecule has 1 amide bonds. The van der Waals surface area contributed by atoms with Crippen LogP contribution in [0.5, 0.6) is 0 Å². The molecule has 0 saturated carbocycles. The van der Waals surface area contributed by atoms with Gasteiger partial charge in [-0.05, 0) is 13.3 Å². The maximum absolute atomic E-state index is 10.7. The number of carbonyl (C=O) groups is 1. The fraction of sp³-hybridized carbons (Fsp3) is 0.714. The van der Waals surface area contributed by atoms with Crippen molar-refractivity contribution in [1.82, 2.24) is 5.43 Å². The van der Waals surface area contributed by atoms with Crippen LogP contribution in [0.15, 0.2) is 5.10 Å². The molecule has 3 heteroatoms. The fourth-order valence-corrected chi connectivity index (χ4v) is 0.530. The van der Waals surface area contributed by atoms with E-state index in [1.165, 1.54) is 0 Å². The molecule has 58 valence electrons. The molecule has 0 atom stereocenters. The molecule has 0 fully saturated rings. The number of carbonyl (C=O) groups excluding carboxylic acids is 1. The van der Waals surface area contributed by atoms with Crippen molar-refractivity contribution in [2.24, 2.45) is 5.10 Å². The van der Waals surface area contributed by atoms with Gasteiger partial charge in [0.15, 0.2) is 0 Å². The fourth-order valence-electron chi connectivity index (χ4n) is 0.530. The Morgan fingerprint density at radius 3 is 2.90 bits per heavy atom. The van der Waals surface area contributed by atoms with Crippen LogP contribution in [0, 0.1) is 0 Å². The van der Waals surface area contributed by atoms with Gasteiger partial charge in [0.2, 0.25) is 5.91 Å². The predicted molar refractivity (Wildman–Crippen MR) is 41.8 cm³/mol. The van der Waals surface area contributed by atoms with Gasteiger partial charge in [0.05, 0.1) is 0 Å². The molecule has 0 aliphatic heterocycles. The second kappa shape index (κ2) is 6.26. The van der Waals surface area contributed by atoms with Gasteiger partial charge >= 0.3 is 0 Å². The van der Waals surface area contributed by atoms with E-state index < -0.39 is 0 Å². The van der Waals surface area contributed by atoms with Crippen LogP contribution in [-0.4, -0.2) is 12.1 Å². The maximum atomic E-state index is 10.7. The molecule has 0 aromatic carbocycles. The third kappa shape index (κ3) is 5.28. The topological polar surface area (TPSA) is 41.5 Å². The molecule has 0 aliphatic rings. The average molecular weight is 142 g/mol. The van der Waals surface area contributed by atoms with Crippen molar-refractivity contribution in [1.29, 1.82) is 0 Å². The summed E-state index contributed by atoms with van der Waals surface area (Å²) in [6.07, 6.45) is 4.12. The molecule has 0 heterocycles. The summed E-state index contributed by atoms with van der Waals surface area (Å²) in [6.45, 7) is 3.82. The molecule has 3 nitrogen and oxygen atoms in total. The van der Waals surface area contributed by atoms with Gasteiger partial charge in [-0.1, -0.05) is 13.3 Å². The smallest absolute Gasteiger partial charge is 0.240 e. The highest BCUT2D eigenvalue weighted by Crippen LogP contribution is 1.92. The zero-order valence-corrected chi connectivity index (χ0v) is 6.55. The number of nitrogens with one attached hydrogen (secondary N) is 1. The molecule has 0 unspecified atom stereocenters. The Morgan fingerprint density at radius 1 is 1.70 bits per heavy atom. The lowest BCUT2D eigenvalue weighted by Gasteiger charge is -1.95. The van der Waals surface area contributed by atoms with Crippen LogP contribution in [0.3, 0.4) is 0 Å². The zero-order valence-electron chi connectivity index (χ0n) is 6.55. The Morgan fingerprint density at radius 2 is 2.40 bits per heavy atom. The summed E-state index contributed by atoms with van der Waals surface area (Å²) in [4.78, 5) is 10.7. The van der Waals surface area contributed by atoms with E-state index in [1.54, 1.807) is 13.1 Å². The van der Waals surface area contributed by atoms with Crippen LogP contribution in [0.1, 0.15) is 33.1 Å². The number of nitrogens with zero attached hydrogens (tertiary/aromatic N) is 1. The first-order valence-corrected chi connectivity index (χ1v) is 3.57. The number of amides is 1. The summed E-state index contributed by atoms with van der Waals surface area (Å²) in [5, 5.41) is 3.60. The third-order valence-electron chi connectivity index (χ3n) is 1.08. The van der Waals surface area contributed by atoms with E-state index in [2.05, 4.69) is 17.5 Å². The lowest BCUT2D eigenvalue weighted by atomic mass is 10.2. The summed E-state index contributed by atoms with van der Waals surface area (Å²) in [6, 6.07) is 0. The van der Waals surface area contributed by atoms with E-state index in [0.717, 1.165) is 12.8 Å². The van der Waals surface area contributed by atoms with Crippen molar-refractivity contribution < 1.29 is 4.79 Å². The number of rotatable bonds is 4. The van der Waals surface area contributed by atoms with Crippen LogP contribution in [0.2, 0.25) is 0 Å². The van der Waals surface area contributed by atoms with E-state index in [0.29, 0.717) is 6.42 Å². The molecule has 0 spiro atoms. The normalized spacial score (nSPS) is 10.2. The molecule has 0 aromatic rings. The molecule has 0 rings (SSSR count). The van der Waals surface area contributed by atoms with Crippen molar-refractivity contribution in [2.75, 3.05) is 0 Å². The minimum atomic E-state index is -0.0000463. The summed E-state index contributed by atoms with van der Waals surface area (Å²) in [7, 11) is 0. The van der Waals surface area contributed by atoms with Gasteiger partial charge in [-0.2, -0.15) is 5.10 Å². The molecule has 1 N–H and O–H groups in total. The monoisotopic (exact) mass is 142 g/mol. The van der Waals surface area contributed by atoms with Gasteiger partial charge in [-0.3, -0.25) is 4.79 Å². The first-order chi connectivity index (χ1) is 4.81. The van der Waals surface area contributed by atoms with Gasteiger partial charge < -0.3 is 0 Å². The van der Waals surface area contributed by atoms with Gasteiger partial charge in [0, 0.05) is 12.6 Å². The van der Waals surface area contributed by atoms with Crippen LogP contribution in [-0.2, 0) is 4.79 Å². The summed E-state index contributed by atoms with van der Waals surface area (Å²) >= 11 is 0. The summed E-state index contributed by atoms with van der Waals surface area (Å²) in [5.41, 5.74) is 2.40. The maximum Gasteiger partial charge on any atom is 0.240 e. The molecule has 0 aliphatic carbocycles. The highest BCUT2D eigenvalue weighted by Gasteiger charge is 1.95. The SMILES string of the molecule is C/C=N/NC(=O)CCCC. The molecule has 0 aromatic heterocycles. The van der Waals surface area contributed by atoms with Gasteiger partial charge in [0.25, 0.3) is 0 Å². The van der Waals surface area contributed by atoms with E-state index in [4.69, 9.17) is 0 Å². The number of hydrogen-bond donors (Lipinski definition) is 1. The molecule has 0 radical (unpaired) electrons. The predicted octanol–water partition coefficient (Wildman–Crippen LogP) is 1.30. The van der Waals surface area contributed by atoms with Crippen molar-refractivity contribution in [3.8, 4) is 0 Å².